The standard InChI is InChI=1S/C15H22N2O2/c1-17-8-11(7-16)5-15(17)12-3-2-4-13(6-12)19-14-9-18-10-14/h2-4,6,11,14-15H,5,7-10,16H2,1H3. The number of hydrogen-bond donors (Lipinski definition) is 1. The third-order valence-corrected chi connectivity index (χ3v) is 4.12. The summed E-state index contributed by atoms with van der Waals surface area (Å²) < 4.78 is 11.0. The molecule has 2 fully saturated rings. The molecule has 1 aromatic carbocycles. The number of ether oxygens (including phenoxy) is 2. The molecular weight excluding hydrogens is 240 g/mol. The molecule has 2 heterocycles. The van der Waals surface area contributed by atoms with E-state index in [4.69, 9.17) is 15.2 Å². The van der Waals surface area contributed by atoms with Gasteiger partial charge in [0.2, 0.25) is 0 Å². The highest BCUT2D eigenvalue weighted by Gasteiger charge is 2.30. The van der Waals surface area contributed by atoms with Gasteiger partial charge in [0, 0.05) is 12.6 Å². The average Bonchev–Trinajstić information content (AvgIpc) is 2.76. The van der Waals surface area contributed by atoms with Crippen molar-refractivity contribution in [3.8, 4) is 5.75 Å². The van der Waals surface area contributed by atoms with Crippen molar-refractivity contribution in [2.75, 3.05) is 33.4 Å². The van der Waals surface area contributed by atoms with Crippen LogP contribution in [0, 0.1) is 5.92 Å². The molecular formula is C15H22N2O2. The molecule has 0 aliphatic carbocycles. The van der Waals surface area contributed by atoms with E-state index in [-0.39, 0.29) is 6.10 Å². The largest absolute Gasteiger partial charge is 0.486 e. The van der Waals surface area contributed by atoms with Crippen molar-refractivity contribution in [2.24, 2.45) is 11.7 Å². The van der Waals surface area contributed by atoms with Crippen molar-refractivity contribution in [1.29, 1.82) is 0 Å². The molecule has 19 heavy (non-hydrogen) atoms. The van der Waals surface area contributed by atoms with Gasteiger partial charge in [-0.15, -0.1) is 0 Å². The van der Waals surface area contributed by atoms with Crippen LogP contribution in [0.2, 0.25) is 0 Å². The first-order chi connectivity index (χ1) is 9.26. The molecule has 4 nitrogen and oxygen atoms in total. The van der Waals surface area contributed by atoms with Gasteiger partial charge in [0.15, 0.2) is 0 Å². The van der Waals surface area contributed by atoms with E-state index in [1.165, 1.54) is 5.56 Å². The summed E-state index contributed by atoms with van der Waals surface area (Å²) in [6.07, 6.45) is 1.37. The van der Waals surface area contributed by atoms with Crippen molar-refractivity contribution in [2.45, 2.75) is 18.6 Å². The van der Waals surface area contributed by atoms with Gasteiger partial charge in [-0.25, -0.2) is 0 Å². The Morgan fingerprint density at radius 2 is 2.26 bits per heavy atom. The van der Waals surface area contributed by atoms with Crippen LogP contribution in [0.1, 0.15) is 18.0 Å². The average molecular weight is 262 g/mol. The van der Waals surface area contributed by atoms with Gasteiger partial charge in [-0.05, 0) is 43.6 Å². The summed E-state index contributed by atoms with van der Waals surface area (Å²) in [5.41, 5.74) is 7.12. The molecule has 104 valence electrons. The van der Waals surface area contributed by atoms with Gasteiger partial charge in [-0.1, -0.05) is 12.1 Å². The van der Waals surface area contributed by atoms with Gasteiger partial charge < -0.3 is 15.2 Å². The van der Waals surface area contributed by atoms with Crippen LogP contribution < -0.4 is 10.5 Å². The van der Waals surface area contributed by atoms with Crippen LogP contribution >= 0.6 is 0 Å². The van der Waals surface area contributed by atoms with Crippen molar-refractivity contribution in [3.63, 3.8) is 0 Å². The normalized spacial score (nSPS) is 28.3. The summed E-state index contributed by atoms with van der Waals surface area (Å²) in [6, 6.07) is 8.92. The lowest BCUT2D eigenvalue weighted by Gasteiger charge is -2.27. The maximum absolute atomic E-state index is 5.87. The van der Waals surface area contributed by atoms with Crippen LogP contribution in [0.3, 0.4) is 0 Å². The van der Waals surface area contributed by atoms with Crippen molar-refractivity contribution < 1.29 is 9.47 Å². The van der Waals surface area contributed by atoms with Crippen LogP contribution in [-0.2, 0) is 4.74 Å². The summed E-state index contributed by atoms with van der Waals surface area (Å²) in [4.78, 5) is 2.39. The van der Waals surface area contributed by atoms with Gasteiger partial charge in [0.1, 0.15) is 11.9 Å². The monoisotopic (exact) mass is 262 g/mol. The van der Waals surface area contributed by atoms with Gasteiger partial charge >= 0.3 is 0 Å². The maximum atomic E-state index is 5.87. The predicted molar refractivity (Wildman–Crippen MR) is 74.2 cm³/mol. The van der Waals surface area contributed by atoms with E-state index >= 15 is 0 Å². The second kappa shape index (κ2) is 5.49. The zero-order valence-electron chi connectivity index (χ0n) is 11.4. The fourth-order valence-corrected chi connectivity index (χ4v) is 2.94. The number of benzene rings is 1. The predicted octanol–water partition coefficient (Wildman–Crippen LogP) is 1.42. The highest BCUT2D eigenvalue weighted by atomic mass is 16.6. The smallest absolute Gasteiger partial charge is 0.145 e. The quantitative estimate of drug-likeness (QED) is 0.891. The van der Waals surface area contributed by atoms with Crippen molar-refractivity contribution >= 4 is 0 Å². The molecule has 0 radical (unpaired) electrons. The number of hydrogen-bond acceptors (Lipinski definition) is 4. The van der Waals surface area contributed by atoms with Crippen LogP contribution in [0.25, 0.3) is 0 Å². The highest BCUT2D eigenvalue weighted by Crippen LogP contribution is 2.35. The SMILES string of the molecule is CN1CC(CN)CC1c1cccc(OC2COC2)c1. The van der Waals surface area contributed by atoms with Gasteiger partial charge in [-0.2, -0.15) is 0 Å². The minimum Gasteiger partial charge on any atom is -0.486 e. The minimum atomic E-state index is 0.230. The molecule has 0 amide bonds. The third-order valence-electron chi connectivity index (χ3n) is 4.12. The van der Waals surface area contributed by atoms with Gasteiger partial charge in [0.05, 0.1) is 13.2 Å². The van der Waals surface area contributed by atoms with E-state index < -0.39 is 0 Å². The molecule has 0 saturated carbocycles. The van der Waals surface area contributed by atoms with Crippen molar-refractivity contribution in [1.82, 2.24) is 4.90 Å². The molecule has 2 aliphatic heterocycles. The second-order valence-corrected chi connectivity index (χ2v) is 5.64. The van der Waals surface area contributed by atoms with E-state index in [1.807, 2.05) is 6.07 Å². The summed E-state index contributed by atoms with van der Waals surface area (Å²) in [6.45, 7) is 3.28. The molecule has 2 aliphatic rings. The Kier molecular flexibility index (Phi) is 3.73. The van der Waals surface area contributed by atoms with E-state index in [1.54, 1.807) is 0 Å². The molecule has 2 unspecified atom stereocenters. The molecule has 4 heteroatoms. The van der Waals surface area contributed by atoms with Crippen LogP contribution in [0.15, 0.2) is 24.3 Å². The summed E-state index contributed by atoms with van der Waals surface area (Å²) in [5, 5.41) is 0. The number of nitrogens with two attached hydrogens (primary N) is 1. The van der Waals surface area contributed by atoms with Gasteiger partial charge in [-0.3, -0.25) is 4.90 Å². The van der Waals surface area contributed by atoms with E-state index in [0.29, 0.717) is 25.2 Å². The Bertz CT molecular complexity index is 434. The molecule has 0 bridgehead atoms. The fraction of sp³-hybridized carbons (Fsp3) is 0.600. The molecule has 1 aromatic rings. The first kappa shape index (κ1) is 12.9. The molecule has 2 saturated heterocycles. The Hall–Kier alpha value is -1.10. The second-order valence-electron chi connectivity index (χ2n) is 5.64. The molecule has 0 aromatic heterocycles. The van der Waals surface area contributed by atoms with Crippen LogP contribution in [-0.4, -0.2) is 44.4 Å². The third kappa shape index (κ3) is 2.76. The highest BCUT2D eigenvalue weighted by molar-refractivity contribution is 5.31. The molecule has 2 atom stereocenters. The van der Waals surface area contributed by atoms with E-state index in [9.17, 15) is 0 Å². The lowest BCUT2D eigenvalue weighted by Crippen LogP contribution is -2.38. The van der Waals surface area contributed by atoms with Gasteiger partial charge in [0.25, 0.3) is 0 Å². The molecule has 3 rings (SSSR count). The lowest BCUT2D eigenvalue weighted by molar-refractivity contribution is -0.0797. The zero-order chi connectivity index (χ0) is 13.2. The Morgan fingerprint density at radius 1 is 1.42 bits per heavy atom. The van der Waals surface area contributed by atoms with Crippen molar-refractivity contribution in [3.05, 3.63) is 29.8 Å². The Morgan fingerprint density at radius 3 is 2.89 bits per heavy atom. The van der Waals surface area contributed by atoms with Crippen LogP contribution in [0.5, 0.6) is 5.75 Å². The lowest BCUT2D eigenvalue weighted by atomic mass is 10.00. The van der Waals surface area contributed by atoms with E-state index in [0.717, 1.165) is 25.3 Å². The first-order valence-electron chi connectivity index (χ1n) is 7.01. The molecule has 2 N–H and O–H groups in total. The topological polar surface area (TPSA) is 47.7 Å². The number of rotatable bonds is 4. The molecule has 0 spiro atoms. The maximum Gasteiger partial charge on any atom is 0.145 e. The summed E-state index contributed by atoms with van der Waals surface area (Å²) in [7, 11) is 2.17. The van der Waals surface area contributed by atoms with E-state index in [2.05, 4.69) is 30.1 Å². The Balaban J connectivity index is 1.71. The number of likely N-dealkylation sites (tertiary alicyclic amines) is 1. The number of nitrogens with zero attached hydrogens (tertiary/aromatic N) is 1. The summed E-state index contributed by atoms with van der Waals surface area (Å²) >= 11 is 0. The fourth-order valence-electron chi connectivity index (χ4n) is 2.94. The zero-order valence-corrected chi connectivity index (χ0v) is 11.4. The minimum absolute atomic E-state index is 0.230. The Labute approximate surface area is 114 Å². The first-order valence-corrected chi connectivity index (χ1v) is 7.01. The summed E-state index contributed by atoms with van der Waals surface area (Å²) in [5.74, 6) is 1.56. The van der Waals surface area contributed by atoms with Crippen LogP contribution in [0.4, 0.5) is 0 Å².